The van der Waals surface area contributed by atoms with Crippen molar-refractivity contribution in [2.75, 3.05) is 31.0 Å². The van der Waals surface area contributed by atoms with Gasteiger partial charge >= 0.3 is 0 Å². The lowest BCUT2D eigenvalue weighted by molar-refractivity contribution is -0.0969. The van der Waals surface area contributed by atoms with E-state index in [0.29, 0.717) is 43.1 Å². The summed E-state index contributed by atoms with van der Waals surface area (Å²) in [5.74, 6) is 0.121. The molecule has 2 aliphatic heterocycles. The topological polar surface area (TPSA) is 84.9 Å². The molecule has 2 fully saturated rings. The van der Waals surface area contributed by atoms with Gasteiger partial charge in [-0.05, 0) is 68.1 Å². The van der Waals surface area contributed by atoms with Gasteiger partial charge in [-0.15, -0.1) is 0 Å². The van der Waals surface area contributed by atoms with Crippen LogP contribution in [0.1, 0.15) is 34.3 Å². The van der Waals surface area contributed by atoms with E-state index in [4.69, 9.17) is 9.47 Å². The van der Waals surface area contributed by atoms with Gasteiger partial charge in [-0.25, -0.2) is 8.42 Å². The summed E-state index contributed by atoms with van der Waals surface area (Å²) in [5, 5.41) is 0. The molecule has 0 aromatic heterocycles. The number of carbonyl (C=O) groups is 1. The summed E-state index contributed by atoms with van der Waals surface area (Å²) >= 11 is 0. The predicted octanol–water partition coefficient (Wildman–Crippen LogP) is 3.33. The largest absolute Gasteiger partial charge is 0.350 e. The highest BCUT2D eigenvalue weighted by atomic mass is 32.2. The van der Waals surface area contributed by atoms with Crippen LogP contribution < -0.4 is 4.72 Å². The number of piperidine rings is 1. The third-order valence-corrected chi connectivity index (χ3v) is 7.32. The maximum Gasteiger partial charge on any atom is 0.262 e. The van der Waals surface area contributed by atoms with Crippen molar-refractivity contribution in [2.24, 2.45) is 5.92 Å². The van der Waals surface area contributed by atoms with Crippen molar-refractivity contribution in [3.8, 4) is 0 Å². The van der Waals surface area contributed by atoms with Gasteiger partial charge in [-0.2, -0.15) is 0 Å². The number of nitrogens with zero attached hydrogens (tertiary/aromatic N) is 1. The monoisotopic (exact) mass is 444 g/mol. The summed E-state index contributed by atoms with van der Waals surface area (Å²) in [6.07, 6.45) is 1.67. The van der Waals surface area contributed by atoms with E-state index in [1.807, 2.05) is 17.9 Å². The van der Waals surface area contributed by atoms with Crippen molar-refractivity contribution < 1.29 is 22.7 Å². The van der Waals surface area contributed by atoms with Crippen LogP contribution in [0.4, 0.5) is 5.69 Å². The Balaban J connectivity index is 1.44. The molecular formula is C23H28N2O5S. The van der Waals surface area contributed by atoms with Gasteiger partial charge in [0, 0.05) is 30.3 Å². The van der Waals surface area contributed by atoms with Crippen molar-refractivity contribution in [2.45, 2.75) is 37.9 Å². The molecule has 2 aromatic carbocycles. The molecule has 7 nitrogen and oxygen atoms in total. The summed E-state index contributed by atoms with van der Waals surface area (Å²) in [6, 6.07) is 11.9. The second-order valence-electron chi connectivity index (χ2n) is 8.22. The van der Waals surface area contributed by atoms with E-state index in [1.165, 1.54) is 0 Å². The summed E-state index contributed by atoms with van der Waals surface area (Å²) < 4.78 is 39.4. The molecule has 2 heterocycles. The minimum absolute atomic E-state index is 0.0633. The quantitative estimate of drug-likeness (QED) is 0.765. The van der Waals surface area contributed by atoms with Crippen LogP contribution in [0, 0.1) is 19.8 Å². The van der Waals surface area contributed by atoms with Crippen LogP contribution in [0.5, 0.6) is 0 Å². The number of amides is 1. The molecule has 1 unspecified atom stereocenters. The average molecular weight is 445 g/mol. The van der Waals surface area contributed by atoms with Crippen LogP contribution in [0.2, 0.25) is 0 Å². The Labute approximate surface area is 183 Å². The minimum Gasteiger partial charge on any atom is -0.350 e. The van der Waals surface area contributed by atoms with Gasteiger partial charge in [0.15, 0.2) is 6.29 Å². The van der Waals surface area contributed by atoms with E-state index in [-0.39, 0.29) is 23.0 Å². The molecular weight excluding hydrogens is 416 g/mol. The van der Waals surface area contributed by atoms with Crippen LogP contribution in [0.15, 0.2) is 47.4 Å². The second kappa shape index (κ2) is 8.98. The fourth-order valence-electron chi connectivity index (χ4n) is 4.14. The number of anilines is 1. The Morgan fingerprint density at radius 2 is 1.77 bits per heavy atom. The molecule has 0 aliphatic carbocycles. The summed E-state index contributed by atoms with van der Waals surface area (Å²) in [4.78, 5) is 15.0. The molecule has 166 valence electrons. The van der Waals surface area contributed by atoms with E-state index < -0.39 is 10.0 Å². The number of hydrogen-bond donors (Lipinski definition) is 1. The third kappa shape index (κ3) is 4.92. The van der Waals surface area contributed by atoms with Crippen molar-refractivity contribution in [1.82, 2.24) is 4.90 Å². The Morgan fingerprint density at radius 1 is 1.06 bits per heavy atom. The minimum atomic E-state index is -3.71. The maximum absolute atomic E-state index is 13.0. The van der Waals surface area contributed by atoms with E-state index in [2.05, 4.69) is 4.72 Å². The van der Waals surface area contributed by atoms with Gasteiger partial charge in [0.25, 0.3) is 15.9 Å². The molecule has 0 radical (unpaired) electrons. The van der Waals surface area contributed by atoms with Gasteiger partial charge in [-0.1, -0.05) is 12.1 Å². The molecule has 8 heteroatoms. The molecule has 1 N–H and O–H groups in total. The van der Waals surface area contributed by atoms with E-state index in [0.717, 1.165) is 18.4 Å². The van der Waals surface area contributed by atoms with Crippen LogP contribution >= 0.6 is 0 Å². The molecule has 2 aliphatic rings. The molecule has 2 saturated heterocycles. The molecule has 4 rings (SSSR count). The van der Waals surface area contributed by atoms with Gasteiger partial charge in [-0.3, -0.25) is 9.52 Å². The zero-order valence-corrected chi connectivity index (χ0v) is 18.7. The number of likely N-dealkylation sites (tertiary alicyclic amines) is 1. The highest BCUT2D eigenvalue weighted by Crippen LogP contribution is 2.26. The number of ether oxygens (including phenoxy) is 2. The molecule has 0 spiro atoms. The first-order valence-electron chi connectivity index (χ1n) is 10.6. The lowest BCUT2D eigenvalue weighted by atomic mass is 9.96. The van der Waals surface area contributed by atoms with Crippen molar-refractivity contribution in [3.05, 3.63) is 59.2 Å². The molecule has 0 saturated carbocycles. The Morgan fingerprint density at radius 3 is 2.48 bits per heavy atom. The van der Waals surface area contributed by atoms with Crippen molar-refractivity contribution >= 4 is 21.6 Å². The average Bonchev–Trinajstić information content (AvgIpc) is 3.30. The first kappa shape index (κ1) is 21.8. The highest BCUT2D eigenvalue weighted by molar-refractivity contribution is 7.92. The van der Waals surface area contributed by atoms with Crippen molar-refractivity contribution in [3.63, 3.8) is 0 Å². The first-order valence-corrected chi connectivity index (χ1v) is 12.0. The number of rotatable bonds is 5. The number of nitrogens with one attached hydrogen (secondary N) is 1. The normalized spacial score (nSPS) is 20.1. The van der Waals surface area contributed by atoms with E-state index in [9.17, 15) is 13.2 Å². The Kier molecular flexibility index (Phi) is 6.31. The molecule has 1 amide bonds. The lowest BCUT2D eigenvalue weighted by Gasteiger charge is -2.34. The van der Waals surface area contributed by atoms with E-state index in [1.54, 1.807) is 43.3 Å². The van der Waals surface area contributed by atoms with Gasteiger partial charge in [0.1, 0.15) is 0 Å². The summed E-state index contributed by atoms with van der Waals surface area (Å²) in [5.41, 5.74) is 2.50. The zero-order chi connectivity index (χ0) is 22.0. The molecule has 1 atom stereocenters. The lowest BCUT2D eigenvalue weighted by Crippen LogP contribution is -2.43. The van der Waals surface area contributed by atoms with Crippen molar-refractivity contribution in [1.29, 1.82) is 0 Å². The van der Waals surface area contributed by atoms with E-state index >= 15 is 0 Å². The Hall–Kier alpha value is -2.42. The number of sulfonamides is 1. The van der Waals surface area contributed by atoms with Crippen LogP contribution in [-0.2, 0) is 19.5 Å². The zero-order valence-electron chi connectivity index (χ0n) is 17.8. The van der Waals surface area contributed by atoms with Gasteiger partial charge < -0.3 is 14.4 Å². The predicted molar refractivity (Wildman–Crippen MR) is 117 cm³/mol. The van der Waals surface area contributed by atoms with Crippen LogP contribution in [0.3, 0.4) is 0 Å². The standard InChI is InChI=1S/C23H28N2O5S/c1-16-5-6-17(2)21(14-16)31(27,28)24-20-9-7-18(8-10-20)22(26)25-11-3-4-19(15-25)23-29-12-13-30-23/h5-10,14,19,23-24H,3-4,11-13,15H2,1-2H3. The fraction of sp³-hybridized carbons (Fsp3) is 0.435. The number of benzene rings is 2. The summed E-state index contributed by atoms with van der Waals surface area (Å²) in [6.45, 7) is 6.13. The van der Waals surface area contributed by atoms with Crippen LogP contribution in [-0.4, -0.2) is 51.8 Å². The first-order chi connectivity index (χ1) is 14.8. The molecule has 0 bridgehead atoms. The van der Waals surface area contributed by atoms with Gasteiger partial charge in [0.2, 0.25) is 0 Å². The SMILES string of the molecule is Cc1ccc(C)c(S(=O)(=O)Nc2ccc(C(=O)N3CCCC(C4OCCO4)C3)cc2)c1. The smallest absolute Gasteiger partial charge is 0.262 e. The van der Waals surface area contributed by atoms with Gasteiger partial charge in [0.05, 0.1) is 18.1 Å². The summed E-state index contributed by atoms with van der Waals surface area (Å²) in [7, 11) is -3.71. The number of hydrogen-bond acceptors (Lipinski definition) is 5. The number of carbonyl (C=O) groups excluding carboxylic acids is 1. The molecule has 2 aromatic rings. The van der Waals surface area contributed by atoms with Crippen LogP contribution in [0.25, 0.3) is 0 Å². The number of aryl methyl sites for hydroxylation is 2. The Bertz CT molecular complexity index is 1050. The second-order valence-corrected chi connectivity index (χ2v) is 9.87. The highest BCUT2D eigenvalue weighted by Gasteiger charge is 2.33. The third-order valence-electron chi connectivity index (χ3n) is 5.79. The maximum atomic E-state index is 13.0. The molecule has 31 heavy (non-hydrogen) atoms. The fourth-order valence-corrected chi connectivity index (χ4v) is 5.53.